The molecule has 11 heavy (non-hydrogen) atoms. The van der Waals surface area contributed by atoms with Crippen molar-refractivity contribution in [2.45, 2.75) is 0 Å². The molecule has 0 aliphatic heterocycles. The molecule has 1 unspecified atom stereocenters. The molecule has 0 aromatic heterocycles. The Bertz CT molecular complexity index is 258. The van der Waals surface area contributed by atoms with Crippen LogP contribution in [0.3, 0.4) is 0 Å². The molecule has 0 spiro atoms. The molecule has 0 aliphatic rings. The van der Waals surface area contributed by atoms with Crippen LogP contribution in [0.5, 0.6) is 0 Å². The maximum absolute atomic E-state index is 10.4. The molecule has 0 saturated heterocycles. The van der Waals surface area contributed by atoms with Crippen molar-refractivity contribution >= 4 is 39.5 Å². The highest BCUT2D eigenvalue weighted by Gasteiger charge is 1.99. The van der Waals surface area contributed by atoms with Crippen molar-refractivity contribution in [3.63, 3.8) is 0 Å². The fourth-order valence-electron chi connectivity index (χ4n) is 0.676. The lowest BCUT2D eigenvalue weighted by Gasteiger charge is -1.95. The van der Waals surface area contributed by atoms with E-state index in [1.54, 1.807) is 12.1 Å². The zero-order valence-electron chi connectivity index (χ0n) is 5.54. The lowest BCUT2D eigenvalue weighted by atomic mass is 10.2. The Hall–Kier alpha value is -0.150. The van der Waals surface area contributed by atoms with Crippen LogP contribution in [0, 0.1) is 0 Å². The quantitative estimate of drug-likeness (QED) is 0.665. The van der Waals surface area contributed by atoms with E-state index in [-0.39, 0.29) is 0 Å². The summed E-state index contributed by atoms with van der Waals surface area (Å²) in [7, 11) is 0. The van der Waals surface area contributed by atoms with Crippen LogP contribution < -0.4 is 5.30 Å². The van der Waals surface area contributed by atoms with Crippen LogP contribution in [-0.2, 0) is 0 Å². The summed E-state index contributed by atoms with van der Waals surface area (Å²) in [4.78, 5) is 10.4. The zero-order chi connectivity index (χ0) is 8.27. The maximum Gasteiger partial charge on any atom is 0.335 e. The average molecular weight is 280 g/mol. The van der Waals surface area contributed by atoms with Crippen molar-refractivity contribution in [2.75, 3.05) is 0 Å². The number of rotatable bonds is 2. The van der Waals surface area contributed by atoms with E-state index in [2.05, 4.69) is 22.0 Å². The topological polar surface area (TPSA) is 37.3 Å². The Morgan fingerprint density at radius 1 is 1.36 bits per heavy atom. The summed E-state index contributed by atoms with van der Waals surface area (Å²) in [6.45, 7) is 0. The van der Waals surface area contributed by atoms with Gasteiger partial charge in [0, 0.05) is 0 Å². The molecule has 1 atom stereocenters. The van der Waals surface area contributed by atoms with Crippen LogP contribution in [0.1, 0.15) is 10.4 Å². The number of carboxylic acid groups (broad SMARTS) is 1. The molecule has 58 valence electrons. The average Bonchev–Trinajstić information content (AvgIpc) is 2.05. The molecule has 2 nitrogen and oxygen atoms in total. The van der Waals surface area contributed by atoms with E-state index in [0.717, 1.165) is 0 Å². The second kappa shape index (κ2) is 4.02. The summed E-state index contributed by atoms with van der Waals surface area (Å²) >= 11 is 2.26. The van der Waals surface area contributed by atoms with Crippen LogP contribution in [0.2, 0.25) is 0 Å². The van der Waals surface area contributed by atoms with Crippen LogP contribution in [0.4, 0.5) is 0 Å². The fourth-order valence-corrected chi connectivity index (χ4v) is 2.05. The van der Waals surface area contributed by atoms with Crippen LogP contribution in [0.25, 0.3) is 0 Å². The molecular formula is C7H6IO2P. The highest BCUT2D eigenvalue weighted by Crippen LogP contribution is 2.19. The van der Waals surface area contributed by atoms with Gasteiger partial charge < -0.3 is 5.11 Å². The first-order chi connectivity index (χ1) is 5.24. The van der Waals surface area contributed by atoms with Gasteiger partial charge in [-0.15, -0.1) is 0 Å². The Balaban J connectivity index is 2.91. The number of hydrogen-bond acceptors (Lipinski definition) is 1. The molecule has 1 aromatic rings. The van der Waals surface area contributed by atoms with E-state index < -0.39 is 5.97 Å². The molecule has 0 amide bonds. The molecule has 1 N–H and O–H groups in total. The van der Waals surface area contributed by atoms with Gasteiger partial charge in [0.1, 0.15) is 0 Å². The minimum absolute atomic E-state index is 0.350. The predicted octanol–water partition coefficient (Wildman–Crippen LogP) is 2.04. The van der Waals surface area contributed by atoms with E-state index in [1.165, 1.54) is 5.30 Å². The first kappa shape index (κ1) is 8.94. The molecule has 0 bridgehead atoms. The van der Waals surface area contributed by atoms with Gasteiger partial charge in [-0.05, 0) is 23.7 Å². The van der Waals surface area contributed by atoms with Gasteiger partial charge in [-0.2, -0.15) is 0 Å². The Morgan fingerprint density at radius 3 is 2.27 bits per heavy atom. The highest BCUT2D eigenvalue weighted by atomic mass is 127. The number of benzene rings is 1. The minimum Gasteiger partial charge on any atom is -0.478 e. The summed E-state index contributed by atoms with van der Waals surface area (Å²) in [6, 6.07) is 6.94. The van der Waals surface area contributed by atoms with Crippen LogP contribution in [-0.4, -0.2) is 11.1 Å². The van der Waals surface area contributed by atoms with Gasteiger partial charge in [0.2, 0.25) is 0 Å². The number of carboxylic acids is 1. The molecule has 1 aromatic carbocycles. The molecule has 0 heterocycles. The third kappa shape index (κ3) is 2.42. The van der Waals surface area contributed by atoms with E-state index in [0.29, 0.717) is 11.8 Å². The number of halogens is 1. The second-order valence-corrected chi connectivity index (χ2v) is 4.36. The van der Waals surface area contributed by atoms with Crippen LogP contribution >= 0.6 is 28.3 Å². The van der Waals surface area contributed by atoms with Gasteiger partial charge >= 0.3 is 5.97 Å². The lowest BCUT2D eigenvalue weighted by Crippen LogP contribution is -1.98. The number of carbonyl (C=O) groups is 1. The Labute approximate surface area is 79.3 Å². The molecule has 0 saturated carbocycles. The largest absolute Gasteiger partial charge is 0.478 e. The van der Waals surface area contributed by atoms with Gasteiger partial charge in [0.15, 0.2) is 0 Å². The zero-order valence-corrected chi connectivity index (χ0v) is 8.70. The molecule has 4 heteroatoms. The standard InChI is InChI=1S/C7H6IO2P/c8-11-6-3-1-5(2-4-6)7(9)10/h1-4,11H,(H,9,10). The van der Waals surface area contributed by atoms with Gasteiger partial charge in [0.25, 0.3) is 0 Å². The second-order valence-electron chi connectivity index (χ2n) is 1.98. The highest BCUT2D eigenvalue weighted by molar-refractivity contribution is 14.2. The maximum atomic E-state index is 10.4. The van der Waals surface area contributed by atoms with Gasteiger partial charge in [-0.1, -0.05) is 34.2 Å². The fraction of sp³-hybridized carbons (Fsp3) is 0. The first-order valence-corrected chi connectivity index (χ1v) is 7.05. The van der Waals surface area contributed by atoms with Gasteiger partial charge in [-0.25, -0.2) is 4.79 Å². The third-order valence-corrected chi connectivity index (χ3v) is 3.66. The summed E-state index contributed by atoms with van der Waals surface area (Å²) in [6.07, 6.45) is 0.697. The first-order valence-electron chi connectivity index (χ1n) is 2.94. The van der Waals surface area contributed by atoms with Gasteiger partial charge in [-0.3, -0.25) is 0 Å². The SMILES string of the molecule is O=C(O)c1ccc(PI)cc1. The molecule has 1 rings (SSSR count). The molecule has 0 fully saturated rings. The van der Waals surface area contributed by atoms with E-state index >= 15 is 0 Å². The number of aromatic carboxylic acids is 1. The van der Waals surface area contributed by atoms with E-state index in [9.17, 15) is 4.79 Å². The summed E-state index contributed by atoms with van der Waals surface area (Å²) in [5, 5.41) is 9.73. The Morgan fingerprint density at radius 2 is 1.91 bits per heavy atom. The molecular weight excluding hydrogens is 274 g/mol. The van der Waals surface area contributed by atoms with Crippen molar-refractivity contribution in [1.29, 1.82) is 0 Å². The van der Waals surface area contributed by atoms with Crippen molar-refractivity contribution in [2.24, 2.45) is 0 Å². The summed E-state index contributed by atoms with van der Waals surface area (Å²) in [5.74, 6) is -0.867. The minimum atomic E-state index is -0.867. The normalized spacial score (nSPS) is 10.6. The van der Waals surface area contributed by atoms with Crippen LogP contribution in [0.15, 0.2) is 24.3 Å². The van der Waals surface area contributed by atoms with E-state index in [1.807, 2.05) is 12.1 Å². The molecule has 0 radical (unpaired) electrons. The van der Waals surface area contributed by atoms with Crippen molar-refractivity contribution in [3.05, 3.63) is 29.8 Å². The summed E-state index contributed by atoms with van der Waals surface area (Å²) in [5.41, 5.74) is 0.350. The van der Waals surface area contributed by atoms with E-state index in [4.69, 9.17) is 5.11 Å². The predicted molar refractivity (Wildman–Crippen MR) is 55.4 cm³/mol. The monoisotopic (exact) mass is 280 g/mol. The lowest BCUT2D eigenvalue weighted by molar-refractivity contribution is 0.0697. The molecule has 0 aliphatic carbocycles. The van der Waals surface area contributed by atoms with Crippen molar-refractivity contribution < 1.29 is 9.90 Å². The smallest absolute Gasteiger partial charge is 0.335 e. The van der Waals surface area contributed by atoms with Crippen molar-refractivity contribution in [3.8, 4) is 0 Å². The third-order valence-electron chi connectivity index (χ3n) is 1.24. The van der Waals surface area contributed by atoms with Gasteiger partial charge in [0.05, 0.1) is 5.56 Å². The Kier molecular flexibility index (Phi) is 3.27. The summed E-state index contributed by atoms with van der Waals surface area (Å²) < 4.78 is 0. The number of hydrogen-bond donors (Lipinski definition) is 1. The van der Waals surface area contributed by atoms with Crippen molar-refractivity contribution in [1.82, 2.24) is 0 Å².